The fraction of sp³-hybridized carbons (Fsp3) is 0.500. The first-order valence-electron chi connectivity index (χ1n) is 15.3. The van der Waals surface area contributed by atoms with Crippen molar-refractivity contribution in [2.75, 3.05) is 39.1 Å². The van der Waals surface area contributed by atoms with Gasteiger partial charge in [-0.25, -0.2) is 4.98 Å². The van der Waals surface area contributed by atoms with E-state index in [9.17, 15) is 19.6 Å². The minimum absolute atomic E-state index is 0.165. The Morgan fingerprint density at radius 1 is 1.23 bits per heavy atom. The number of aromatic nitrogens is 1. The highest BCUT2D eigenvalue weighted by molar-refractivity contribution is 7.18. The number of para-hydroxylation sites is 1. The number of anilines is 1. The Hall–Kier alpha value is -3.97. The number of ether oxygens (including phenoxy) is 1. The van der Waals surface area contributed by atoms with Crippen LogP contribution in [0.25, 0.3) is 10.2 Å². The Morgan fingerprint density at radius 2 is 1.91 bits per heavy atom. The topological polar surface area (TPSA) is 116 Å². The number of nitrogens with zero attached hydrogens (tertiary/aromatic N) is 4. The molecule has 1 aliphatic heterocycles. The van der Waals surface area contributed by atoms with Crippen LogP contribution in [-0.4, -0.2) is 72.7 Å². The normalized spacial score (nSPS) is 17.1. The molecule has 2 aliphatic rings. The summed E-state index contributed by atoms with van der Waals surface area (Å²) >= 11 is 1.59. The second-order valence-corrected chi connectivity index (χ2v) is 12.9. The van der Waals surface area contributed by atoms with Crippen LogP contribution in [0.4, 0.5) is 5.69 Å². The van der Waals surface area contributed by atoms with E-state index in [0.29, 0.717) is 30.3 Å². The SMILES string of the molecule is CC(C)C.CCCOc1cc(C(=O)N(C)CC(=O)N2CC(C=O)CC2C#N)cc2sc(C3CC3)nc12.CNc1ccccc1. The van der Waals surface area contributed by atoms with Gasteiger partial charge in [0, 0.05) is 43.7 Å². The van der Waals surface area contributed by atoms with Crippen molar-refractivity contribution in [3.8, 4) is 11.8 Å². The second-order valence-electron chi connectivity index (χ2n) is 11.8. The van der Waals surface area contributed by atoms with E-state index < -0.39 is 6.04 Å². The molecule has 1 saturated heterocycles. The first-order chi connectivity index (χ1) is 21.1. The lowest BCUT2D eigenvalue weighted by atomic mass is 10.1. The van der Waals surface area contributed by atoms with Crippen LogP contribution in [-0.2, 0) is 9.59 Å². The molecule has 1 aliphatic carbocycles. The Kier molecular flexibility index (Phi) is 13.2. The molecule has 1 saturated carbocycles. The summed E-state index contributed by atoms with van der Waals surface area (Å²) in [5.41, 5.74) is 2.39. The number of carbonyl (C=O) groups excluding carboxylic acids is 3. The molecule has 3 aromatic rings. The number of thiazole rings is 1. The number of aldehydes is 1. The lowest BCUT2D eigenvalue weighted by Crippen LogP contribution is -2.43. The van der Waals surface area contributed by atoms with Crippen molar-refractivity contribution in [3.05, 3.63) is 53.0 Å². The van der Waals surface area contributed by atoms with Crippen LogP contribution in [0.3, 0.4) is 0 Å². The van der Waals surface area contributed by atoms with Gasteiger partial charge in [-0.1, -0.05) is 45.9 Å². The lowest BCUT2D eigenvalue weighted by molar-refractivity contribution is -0.131. The molecule has 236 valence electrons. The fourth-order valence-electron chi connectivity index (χ4n) is 4.52. The number of amides is 2. The van der Waals surface area contributed by atoms with Crippen molar-refractivity contribution in [2.24, 2.45) is 11.8 Å². The van der Waals surface area contributed by atoms with E-state index in [1.54, 1.807) is 24.5 Å². The average molecular weight is 620 g/mol. The smallest absolute Gasteiger partial charge is 0.254 e. The van der Waals surface area contributed by atoms with Crippen LogP contribution in [0, 0.1) is 23.2 Å². The third-order valence-electron chi connectivity index (χ3n) is 6.89. The zero-order chi connectivity index (χ0) is 32.2. The van der Waals surface area contributed by atoms with Crippen LogP contribution < -0.4 is 10.1 Å². The molecule has 1 N–H and O–H groups in total. The Balaban J connectivity index is 0.000000370. The van der Waals surface area contributed by atoms with Gasteiger partial charge < -0.3 is 24.6 Å². The number of likely N-dealkylation sites (tertiary alicyclic amines) is 1. The number of nitrogens with one attached hydrogen (secondary N) is 1. The first kappa shape index (κ1) is 34.5. The summed E-state index contributed by atoms with van der Waals surface area (Å²) < 4.78 is 6.80. The molecule has 2 fully saturated rings. The highest BCUT2D eigenvalue weighted by atomic mass is 32.1. The Labute approximate surface area is 265 Å². The Bertz CT molecular complexity index is 1430. The minimum atomic E-state index is -0.635. The fourth-order valence-corrected chi connectivity index (χ4v) is 5.72. The largest absolute Gasteiger partial charge is 0.491 e. The maximum absolute atomic E-state index is 13.2. The van der Waals surface area contributed by atoms with Crippen LogP contribution in [0.2, 0.25) is 0 Å². The molecular formula is C34H45N5O4S. The average Bonchev–Trinajstić information content (AvgIpc) is 3.63. The molecule has 0 spiro atoms. The second kappa shape index (κ2) is 16.8. The van der Waals surface area contributed by atoms with Crippen molar-refractivity contribution >= 4 is 45.3 Å². The predicted octanol–water partition coefficient (Wildman–Crippen LogP) is 6.36. The van der Waals surface area contributed by atoms with E-state index in [-0.39, 0.29) is 30.8 Å². The van der Waals surface area contributed by atoms with E-state index in [2.05, 4.69) is 32.2 Å². The zero-order valence-electron chi connectivity index (χ0n) is 26.7. The standard InChI is InChI=1S/C23H26N4O4S.C7H9N.C4H10/c1-3-6-31-18-8-16(9-19-21(18)25-22(32-19)15-4-5-15)23(30)26(2)12-20(29)27-11-14(13-28)7-17(27)10-24;1-8-7-5-3-2-4-6-7;1-4(2)3/h8-9,13-15,17H,3-7,11-12H2,1-2H3;2-6,8H,1H3;4H,1-3H3. The van der Waals surface area contributed by atoms with Gasteiger partial charge in [-0.05, 0) is 55.9 Å². The minimum Gasteiger partial charge on any atom is -0.491 e. The molecule has 1 aromatic heterocycles. The van der Waals surface area contributed by atoms with Crippen LogP contribution in [0.5, 0.6) is 5.75 Å². The van der Waals surface area contributed by atoms with Gasteiger partial charge in [0.2, 0.25) is 5.91 Å². The van der Waals surface area contributed by atoms with Crippen LogP contribution >= 0.6 is 11.3 Å². The molecular weight excluding hydrogens is 574 g/mol. The van der Waals surface area contributed by atoms with Crippen molar-refractivity contribution in [3.63, 3.8) is 0 Å². The first-order valence-corrected chi connectivity index (χ1v) is 16.1. The number of benzene rings is 2. The van der Waals surface area contributed by atoms with E-state index in [4.69, 9.17) is 9.72 Å². The number of fused-ring (bicyclic) bond motifs is 1. The van der Waals surface area contributed by atoms with Gasteiger partial charge in [0.25, 0.3) is 5.91 Å². The van der Waals surface area contributed by atoms with Gasteiger partial charge in [0.1, 0.15) is 23.6 Å². The van der Waals surface area contributed by atoms with E-state index in [0.717, 1.165) is 52.4 Å². The summed E-state index contributed by atoms with van der Waals surface area (Å²) in [6.07, 6.45) is 4.25. The van der Waals surface area contributed by atoms with Crippen LogP contribution in [0.15, 0.2) is 42.5 Å². The third kappa shape index (κ3) is 9.78. The summed E-state index contributed by atoms with van der Waals surface area (Å²) in [6.45, 7) is 9.10. The quantitative estimate of drug-likeness (QED) is 0.277. The van der Waals surface area contributed by atoms with E-state index in [1.807, 2.05) is 50.4 Å². The molecule has 44 heavy (non-hydrogen) atoms. The number of nitriles is 1. The molecule has 2 aromatic carbocycles. The van der Waals surface area contributed by atoms with Gasteiger partial charge in [-0.2, -0.15) is 5.26 Å². The van der Waals surface area contributed by atoms with Crippen molar-refractivity contribution in [2.45, 2.75) is 65.3 Å². The molecule has 2 atom stereocenters. The van der Waals surface area contributed by atoms with Crippen molar-refractivity contribution in [1.82, 2.24) is 14.8 Å². The summed E-state index contributed by atoms with van der Waals surface area (Å²) in [7, 11) is 3.48. The number of hydrogen-bond donors (Lipinski definition) is 1. The molecule has 2 amide bonds. The Morgan fingerprint density at radius 3 is 2.45 bits per heavy atom. The lowest BCUT2D eigenvalue weighted by Gasteiger charge is -2.24. The van der Waals surface area contributed by atoms with E-state index >= 15 is 0 Å². The number of carbonyl (C=O) groups is 3. The summed E-state index contributed by atoms with van der Waals surface area (Å²) in [4.78, 5) is 44.5. The zero-order valence-corrected chi connectivity index (χ0v) is 27.5. The molecule has 0 radical (unpaired) electrons. The summed E-state index contributed by atoms with van der Waals surface area (Å²) in [5.74, 6) is 0.956. The molecule has 2 heterocycles. The molecule has 2 unspecified atom stereocenters. The van der Waals surface area contributed by atoms with Crippen molar-refractivity contribution in [1.29, 1.82) is 5.26 Å². The van der Waals surface area contributed by atoms with Crippen molar-refractivity contribution < 1.29 is 19.1 Å². The van der Waals surface area contributed by atoms with Gasteiger partial charge in [0.15, 0.2) is 0 Å². The number of likely N-dealkylation sites (N-methyl/N-ethyl adjacent to an activating group) is 1. The summed E-state index contributed by atoms with van der Waals surface area (Å²) in [5, 5.41) is 13.4. The van der Waals surface area contributed by atoms with Gasteiger partial charge in [0.05, 0.1) is 28.9 Å². The molecule has 10 heteroatoms. The third-order valence-corrected chi connectivity index (χ3v) is 8.05. The highest BCUT2D eigenvalue weighted by Gasteiger charge is 2.36. The number of rotatable bonds is 9. The summed E-state index contributed by atoms with van der Waals surface area (Å²) in [6, 6.07) is 15.0. The van der Waals surface area contributed by atoms with Gasteiger partial charge in [-0.15, -0.1) is 11.3 Å². The number of hydrogen-bond acceptors (Lipinski definition) is 8. The highest BCUT2D eigenvalue weighted by Crippen LogP contribution is 2.44. The van der Waals surface area contributed by atoms with E-state index in [1.165, 1.54) is 9.80 Å². The molecule has 0 bridgehead atoms. The molecule has 9 nitrogen and oxygen atoms in total. The maximum Gasteiger partial charge on any atom is 0.254 e. The maximum atomic E-state index is 13.2. The van der Waals surface area contributed by atoms with Gasteiger partial charge >= 0.3 is 0 Å². The van der Waals surface area contributed by atoms with Crippen LogP contribution in [0.1, 0.15) is 74.7 Å². The monoisotopic (exact) mass is 619 g/mol. The predicted molar refractivity (Wildman–Crippen MR) is 176 cm³/mol. The molecule has 5 rings (SSSR count). The van der Waals surface area contributed by atoms with Gasteiger partial charge in [-0.3, -0.25) is 9.59 Å².